The molecule has 368 valence electrons. The Morgan fingerprint density at radius 1 is 0.300 bits per heavy atom. The maximum Gasteiger partial charge on any atom is 0.126 e. The van der Waals surface area contributed by atoms with Gasteiger partial charge in [-0.25, -0.2) is 0 Å². The molecular weight excluding hydrogens is 885 g/mol. The molecule has 2 N–H and O–H groups in total. The molecule has 0 saturated heterocycles. The number of ether oxygens (including phenoxy) is 8. The van der Waals surface area contributed by atoms with Gasteiger partial charge >= 0.3 is 0 Å². The highest BCUT2D eigenvalue weighted by Gasteiger charge is 2.23. The van der Waals surface area contributed by atoms with Gasteiger partial charge in [-0.3, -0.25) is 9.80 Å². The fraction of sp³-hybridized carbons (Fsp3) is 0.379. The zero-order chi connectivity index (χ0) is 47.7. The van der Waals surface area contributed by atoms with E-state index < -0.39 is 0 Å². The van der Waals surface area contributed by atoms with Crippen LogP contribution in [0.5, 0.6) is 34.5 Å². The van der Waals surface area contributed by atoms with Crippen molar-refractivity contribution in [3.05, 3.63) is 177 Å². The van der Waals surface area contributed by atoms with Gasteiger partial charge in [-0.05, 0) is 56.6 Å². The molecule has 12 heteroatoms. The Hall–Kier alpha value is -6.12. The molecule has 0 atom stereocenters. The first-order valence-corrected chi connectivity index (χ1v) is 24.8. The van der Waals surface area contributed by atoms with Crippen molar-refractivity contribution < 1.29 is 48.1 Å². The molecule has 0 fully saturated rings. The number of benzene rings is 6. The monoisotopic (exact) mass is 950 g/mol. The lowest BCUT2D eigenvalue weighted by Gasteiger charge is -2.24. The van der Waals surface area contributed by atoms with Crippen LogP contribution in [0.2, 0.25) is 0 Å². The van der Waals surface area contributed by atoms with E-state index in [1.165, 1.54) is 0 Å². The fourth-order valence-corrected chi connectivity index (χ4v) is 9.53. The summed E-state index contributed by atoms with van der Waals surface area (Å²) in [6.07, 6.45) is 2.27. The molecule has 12 nitrogen and oxygen atoms in total. The van der Waals surface area contributed by atoms with Gasteiger partial charge in [0.05, 0.1) is 52.9 Å². The van der Waals surface area contributed by atoms with Gasteiger partial charge in [0.15, 0.2) is 0 Å². The van der Waals surface area contributed by atoms with E-state index in [1.807, 2.05) is 36.4 Å². The van der Waals surface area contributed by atoms with Gasteiger partial charge < -0.3 is 48.1 Å². The van der Waals surface area contributed by atoms with Crippen LogP contribution in [0.4, 0.5) is 0 Å². The highest BCUT2D eigenvalue weighted by Crippen LogP contribution is 2.39. The second-order valence-corrected chi connectivity index (χ2v) is 18.0. The molecule has 0 amide bonds. The summed E-state index contributed by atoms with van der Waals surface area (Å²) in [7, 11) is 0. The summed E-state index contributed by atoms with van der Waals surface area (Å²) in [5.74, 6) is 3.87. The molecule has 0 radical (unpaired) electrons. The predicted octanol–water partition coefficient (Wildman–Crippen LogP) is 8.39. The van der Waals surface area contributed by atoms with E-state index in [0.29, 0.717) is 144 Å². The number of rotatable bonds is 4. The SMILES string of the molecule is Oc1ccccc1CN1CCOCCOc2c3cccc2Cc2cccc4c2OCCOCCN(Cc2ccccc2O)CCOCCOc2c(cccc2Cc2cccc(c2OCCOCC1)C4)C3. The maximum absolute atomic E-state index is 10.6. The Kier molecular flexibility index (Phi) is 17.6. The van der Waals surface area contributed by atoms with Crippen LogP contribution in [0.1, 0.15) is 55.6 Å². The van der Waals surface area contributed by atoms with Crippen molar-refractivity contribution in [1.82, 2.24) is 9.80 Å². The lowest BCUT2D eigenvalue weighted by molar-refractivity contribution is 0.0525. The number of hydrogen-bond acceptors (Lipinski definition) is 12. The fourth-order valence-electron chi connectivity index (χ4n) is 9.53. The molecule has 4 aliphatic heterocycles. The van der Waals surface area contributed by atoms with Gasteiger partial charge in [0.25, 0.3) is 0 Å². The minimum atomic E-state index is 0.278. The van der Waals surface area contributed by atoms with Crippen LogP contribution in [0.25, 0.3) is 0 Å². The molecule has 5 aliphatic rings. The molecule has 6 aromatic carbocycles. The molecule has 4 heterocycles. The van der Waals surface area contributed by atoms with Gasteiger partial charge in [0.2, 0.25) is 0 Å². The van der Waals surface area contributed by atoms with Gasteiger partial charge in [-0.2, -0.15) is 0 Å². The van der Waals surface area contributed by atoms with E-state index in [1.54, 1.807) is 12.1 Å². The maximum atomic E-state index is 10.6. The van der Waals surface area contributed by atoms with E-state index in [-0.39, 0.29) is 11.5 Å². The van der Waals surface area contributed by atoms with E-state index in [9.17, 15) is 10.2 Å². The van der Waals surface area contributed by atoms with Crippen LogP contribution in [-0.2, 0) is 57.7 Å². The number of hydrogen-bond donors (Lipinski definition) is 2. The summed E-state index contributed by atoms with van der Waals surface area (Å²) < 4.78 is 52.4. The van der Waals surface area contributed by atoms with Crippen molar-refractivity contribution in [2.75, 3.05) is 105 Å². The number of fused-ring (bicyclic) bond motifs is 24. The third-order valence-electron chi connectivity index (χ3n) is 13.1. The number of aromatic hydroxyl groups is 2. The predicted molar refractivity (Wildman–Crippen MR) is 269 cm³/mol. The smallest absolute Gasteiger partial charge is 0.126 e. The Labute approximate surface area is 412 Å². The molecule has 1 aliphatic carbocycles. The first-order valence-electron chi connectivity index (χ1n) is 24.8. The van der Waals surface area contributed by atoms with Crippen molar-refractivity contribution in [3.63, 3.8) is 0 Å². The van der Waals surface area contributed by atoms with Gasteiger partial charge in [-0.15, -0.1) is 0 Å². The quantitative estimate of drug-likeness (QED) is 0.165. The number of phenolic OH excluding ortho intramolecular Hbond substituents is 2. The molecule has 0 unspecified atom stereocenters. The van der Waals surface area contributed by atoms with E-state index >= 15 is 0 Å². The van der Waals surface area contributed by atoms with Crippen molar-refractivity contribution in [2.45, 2.75) is 38.8 Å². The topological polar surface area (TPSA) is 121 Å². The molecule has 70 heavy (non-hydrogen) atoms. The zero-order valence-corrected chi connectivity index (χ0v) is 40.2. The van der Waals surface area contributed by atoms with E-state index in [4.69, 9.17) is 37.9 Å². The molecule has 11 rings (SSSR count). The van der Waals surface area contributed by atoms with Crippen molar-refractivity contribution in [3.8, 4) is 34.5 Å². The van der Waals surface area contributed by atoms with Crippen LogP contribution in [0, 0.1) is 0 Å². The number of phenols is 2. The normalized spacial score (nSPS) is 17.5. The Bertz CT molecular complexity index is 2230. The average Bonchev–Trinajstić information content (AvgIpc) is 3.36. The van der Waals surface area contributed by atoms with E-state index in [0.717, 1.165) is 78.6 Å². The van der Waals surface area contributed by atoms with E-state index in [2.05, 4.69) is 82.6 Å². The third-order valence-corrected chi connectivity index (χ3v) is 13.1. The van der Waals surface area contributed by atoms with Gasteiger partial charge in [0, 0.05) is 76.1 Å². The zero-order valence-electron chi connectivity index (χ0n) is 40.2. The van der Waals surface area contributed by atoms with Crippen molar-refractivity contribution in [1.29, 1.82) is 0 Å². The van der Waals surface area contributed by atoms with Crippen LogP contribution >= 0.6 is 0 Å². The molecule has 0 aromatic heterocycles. The molecule has 0 saturated carbocycles. The second kappa shape index (κ2) is 25.1. The van der Waals surface area contributed by atoms with Gasteiger partial charge in [0.1, 0.15) is 60.9 Å². The lowest BCUT2D eigenvalue weighted by Crippen LogP contribution is -2.31. The number of nitrogens with zero attached hydrogens (tertiary/aromatic N) is 2. The van der Waals surface area contributed by atoms with Crippen LogP contribution in [-0.4, -0.2) is 125 Å². The summed E-state index contributed by atoms with van der Waals surface area (Å²) >= 11 is 0. The Morgan fingerprint density at radius 2 is 0.557 bits per heavy atom. The summed E-state index contributed by atoms with van der Waals surface area (Å²) in [6.45, 7) is 8.69. The third kappa shape index (κ3) is 13.2. The first-order chi connectivity index (χ1) is 34.6. The summed E-state index contributed by atoms with van der Waals surface area (Å²) in [4.78, 5) is 4.49. The second-order valence-electron chi connectivity index (χ2n) is 18.0. The Balaban J connectivity index is 1.08. The molecule has 12 bridgehead atoms. The van der Waals surface area contributed by atoms with Crippen molar-refractivity contribution >= 4 is 0 Å². The summed E-state index contributed by atoms with van der Waals surface area (Å²) in [5, 5.41) is 21.2. The highest BCUT2D eigenvalue weighted by molar-refractivity contribution is 5.56. The average molecular weight is 951 g/mol. The van der Waals surface area contributed by atoms with Crippen molar-refractivity contribution in [2.24, 2.45) is 0 Å². The van der Waals surface area contributed by atoms with Crippen LogP contribution < -0.4 is 18.9 Å². The molecule has 0 spiro atoms. The Morgan fingerprint density at radius 3 is 0.814 bits per heavy atom. The minimum absolute atomic E-state index is 0.278. The summed E-state index contributed by atoms with van der Waals surface area (Å²) in [5.41, 5.74) is 10.1. The molecular formula is C58H66N2O10. The summed E-state index contributed by atoms with van der Waals surface area (Å²) in [6, 6.07) is 40.6. The minimum Gasteiger partial charge on any atom is -0.508 e. The van der Waals surface area contributed by atoms with Crippen LogP contribution in [0.15, 0.2) is 121 Å². The highest BCUT2D eigenvalue weighted by atomic mass is 16.5. The largest absolute Gasteiger partial charge is 0.508 e. The standard InChI is InChI=1S/C58H66N2O10/c61-53-19-3-1-9-51(53)41-59-21-25-63-29-33-67-55-43-11-5-12-44(55)38-48-16-8-18-50-40-46-14-6-13-45(56(46)68-34-30-64-26-22-59)39-49-17-7-15-47(37-43)57(49)69-35-31-65-27-23-60(24-28-66-32-36-70-58(48)50)42-52-10-2-4-20-54(52)62/h1-20,61-62H,21-42H2. The van der Waals surface area contributed by atoms with Crippen LogP contribution in [0.3, 0.4) is 0 Å². The van der Waals surface area contributed by atoms with Gasteiger partial charge in [-0.1, -0.05) is 109 Å². The first kappa shape index (κ1) is 48.9. The number of para-hydroxylation sites is 6. The lowest BCUT2D eigenvalue weighted by atomic mass is 9.91. The molecule has 6 aromatic rings.